The highest BCUT2D eigenvalue weighted by Gasteiger charge is 2.12. The van der Waals surface area contributed by atoms with Crippen molar-refractivity contribution in [1.82, 2.24) is 5.32 Å². The third-order valence-corrected chi connectivity index (χ3v) is 2.58. The van der Waals surface area contributed by atoms with Crippen LogP contribution in [0, 0.1) is 0 Å². The molecule has 0 bridgehead atoms. The van der Waals surface area contributed by atoms with Gasteiger partial charge in [0, 0.05) is 6.54 Å². The fourth-order valence-electron chi connectivity index (χ4n) is 1.67. The van der Waals surface area contributed by atoms with Crippen molar-refractivity contribution in [1.29, 1.82) is 0 Å². The van der Waals surface area contributed by atoms with Gasteiger partial charge in [0.15, 0.2) is 11.5 Å². The van der Waals surface area contributed by atoms with E-state index in [1.165, 1.54) is 0 Å². The Morgan fingerprint density at radius 2 is 1.72 bits per heavy atom. The molecule has 0 aliphatic heterocycles. The summed E-state index contributed by atoms with van der Waals surface area (Å²) in [5, 5.41) is 3.32. The first-order valence-electron chi connectivity index (χ1n) is 5.87. The van der Waals surface area contributed by atoms with Gasteiger partial charge < -0.3 is 19.5 Å². The number of rotatable bonds is 8. The van der Waals surface area contributed by atoms with Crippen LogP contribution in [-0.2, 0) is 6.54 Å². The Morgan fingerprint density at radius 1 is 1.11 bits per heavy atom. The minimum absolute atomic E-state index is 0.620. The molecule has 1 aromatic rings. The Morgan fingerprint density at radius 3 is 2.17 bits per heavy atom. The second-order valence-electron chi connectivity index (χ2n) is 3.79. The predicted octanol–water partition coefficient (Wildman–Crippen LogP) is 2.38. The van der Waals surface area contributed by atoms with Gasteiger partial charge in [0.2, 0.25) is 5.75 Å². The molecule has 0 spiro atoms. The molecule has 0 aliphatic rings. The molecule has 0 fully saturated rings. The first-order chi connectivity index (χ1) is 8.76. The van der Waals surface area contributed by atoms with E-state index in [2.05, 4.69) is 11.9 Å². The van der Waals surface area contributed by atoms with Crippen molar-refractivity contribution in [2.75, 3.05) is 27.9 Å². The molecule has 1 aromatic carbocycles. The van der Waals surface area contributed by atoms with Gasteiger partial charge in [-0.2, -0.15) is 0 Å². The lowest BCUT2D eigenvalue weighted by atomic mass is 10.1. The van der Waals surface area contributed by atoms with E-state index < -0.39 is 0 Å². The van der Waals surface area contributed by atoms with Crippen LogP contribution in [0.25, 0.3) is 0 Å². The second-order valence-corrected chi connectivity index (χ2v) is 3.79. The van der Waals surface area contributed by atoms with Gasteiger partial charge in [-0.1, -0.05) is 6.08 Å². The second kappa shape index (κ2) is 7.61. The standard InChI is InChI=1S/C14H21NO3/c1-5-6-7-15-10-11-8-12(16-2)14(18-4)13(9-11)17-3/h5,8-9,15H,1,6-7,10H2,2-4H3. The van der Waals surface area contributed by atoms with Crippen LogP contribution in [0.3, 0.4) is 0 Å². The van der Waals surface area contributed by atoms with Crippen molar-refractivity contribution in [3.63, 3.8) is 0 Å². The maximum atomic E-state index is 5.30. The van der Waals surface area contributed by atoms with Gasteiger partial charge in [0.25, 0.3) is 0 Å². The third kappa shape index (κ3) is 3.67. The molecule has 18 heavy (non-hydrogen) atoms. The van der Waals surface area contributed by atoms with Gasteiger partial charge in [0.1, 0.15) is 0 Å². The topological polar surface area (TPSA) is 39.7 Å². The molecule has 0 heterocycles. The zero-order chi connectivity index (χ0) is 13.4. The van der Waals surface area contributed by atoms with Gasteiger partial charge in [-0.05, 0) is 30.7 Å². The van der Waals surface area contributed by atoms with E-state index in [1.807, 2.05) is 18.2 Å². The van der Waals surface area contributed by atoms with E-state index in [1.54, 1.807) is 21.3 Å². The lowest BCUT2D eigenvalue weighted by Gasteiger charge is -2.14. The number of benzene rings is 1. The van der Waals surface area contributed by atoms with E-state index in [9.17, 15) is 0 Å². The number of hydrogen-bond donors (Lipinski definition) is 1. The maximum absolute atomic E-state index is 5.30. The van der Waals surface area contributed by atoms with Crippen molar-refractivity contribution >= 4 is 0 Å². The Hall–Kier alpha value is -1.68. The molecule has 0 saturated heterocycles. The largest absolute Gasteiger partial charge is 0.493 e. The molecular formula is C14H21NO3. The SMILES string of the molecule is C=CCCNCc1cc(OC)c(OC)c(OC)c1. The number of hydrogen-bond acceptors (Lipinski definition) is 4. The number of ether oxygens (including phenoxy) is 3. The summed E-state index contributed by atoms with van der Waals surface area (Å²) in [7, 11) is 4.83. The molecule has 0 amide bonds. The minimum Gasteiger partial charge on any atom is -0.493 e. The molecule has 0 aliphatic carbocycles. The van der Waals surface area contributed by atoms with Crippen molar-refractivity contribution in [2.24, 2.45) is 0 Å². The van der Waals surface area contributed by atoms with Crippen molar-refractivity contribution in [3.05, 3.63) is 30.4 Å². The monoisotopic (exact) mass is 251 g/mol. The predicted molar refractivity (Wildman–Crippen MR) is 72.6 cm³/mol. The average molecular weight is 251 g/mol. The lowest BCUT2D eigenvalue weighted by Crippen LogP contribution is -2.14. The Kier molecular flexibility index (Phi) is 6.08. The van der Waals surface area contributed by atoms with Crippen LogP contribution in [0.5, 0.6) is 17.2 Å². The zero-order valence-corrected chi connectivity index (χ0v) is 11.3. The molecular weight excluding hydrogens is 230 g/mol. The lowest BCUT2D eigenvalue weighted by molar-refractivity contribution is 0.323. The first kappa shape index (κ1) is 14.4. The van der Waals surface area contributed by atoms with Crippen LogP contribution in [-0.4, -0.2) is 27.9 Å². The van der Waals surface area contributed by atoms with Crippen molar-refractivity contribution < 1.29 is 14.2 Å². The van der Waals surface area contributed by atoms with Crippen LogP contribution in [0.2, 0.25) is 0 Å². The molecule has 0 aromatic heterocycles. The summed E-state index contributed by atoms with van der Waals surface area (Å²) in [6, 6.07) is 3.89. The van der Waals surface area contributed by atoms with Gasteiger partial charge in [0.05, 0.1) is 21.3 Å². The van der Waals surface area contributed by atoms with Crippen molar-refractivity contribution in [3.8, 4) is 17.2 Å². The fraction of sp³-hybridized carbons (Fsp3) is 0.429. The summed E-state index contributed by atoms with van der Waals surface area (Å²) in [5.41, 5.74) is 1.09. The normalized spacial score (nSPS) is 9.94. The van der Waals surface area contributed by atoms with E-state index in [4.69, 9.17) is 14.2 Å². The van der Waals surface area contributed by atoms with E-state index in [0.717, 1.165) is 25.1 Å². The van der Waals surface area contributed by atoms with Gasteiger partial charge in [-0.3, -0.25) is 0 Å². The van der Waals surface area contributed by atoms with E-state index >= 15 is 0 Å². The van der Waals surface area contributed by atoms with E-state index in [0.29, 0.717) is 17.2 Å². The van der Waals surface area contributed by atoms with Crippen LogP contribution in [0.4, 0.5) is 0 Å². The average Bonchev–Trinajstić information content (AvgIpc) is 2.42. The van der Waals surface area contributed by atoms with Crippen LogP contribution in [0.1, 0.15) is 12.0 Å². The zero-order valence-electron chi connectivity index (χ0n) is 11.3. The smallest absolute Gasteiger partial charge is 0.203 e. The molecule has 1 rings (SSSR count). The Labute approximate surface area is 109 Å². The van der Waals surface area contributed by atoms with Crippen molar-refractivity contribution in [2.45, 2.75) is 13.0 Å². The quantitative estimate of drug-likeness (QED) is 0.569. The van der Waals surface area contributed by atoms with E-state index in [-0.39, 0.29) is 0 Å². The molecule has 0 saturated carbocycles. The number of nitrogens with one attached hydrogen (secondary N) is 1. The molecule has 4 nitrogen and oxygen atoms in total. The highest BCUT2D eigenvalue weighted by Crippen LogP contribution is 2.38. The Bertz CT molecular complexity index is 366. The summed E-state index contributed by atoms with van der Waals surface area (Å²) in [6.45, 7) is 5.34. The fourth-order valence-corrected chi connectivity index (χ4v) is 1.67. The highest BCUT2D eigenvalue weighted by molar-refractivity contribution is 5.53. The Balaban J connectivity index is 2.82. The molecule has 0 atom stereocenters. The molecule has 0 radical (unpaired) electrons. The van der Waals surface area contributed by atoms with Gasteiger partial charge in [-0.25, -0.2) is 0 Å². The summed E-state index contributed by atoms with van der Waals surface area (Å²) in [6.07, 6.45) is 2.84. The van der Waals surface area contributed by atoms with Crippen LogP contribution < -0.4 is 19.5 Å². The molecule has 1 N–H and O–H groups in total. The minimum atomic E-state index is 0.620. The van der Waals surface area contributed by atoms with Crippen LogP contribution >= 0.6 is 0 Å². The van der Waals surface area contributed by atoms with Crippen LogP contribution in [0.15, 0.2) is 24.8 Å². The van der Waals surface area contributed by atoms with Gasteiger partial charge >= 0.3 is 0 Å². The first-order valence-corrected chi connectivity index (χ1v) is 5.87. The molecule has 4 heteroatoms. The summed E-state index contributed by atoms with van der Waals surface area (Å²) >= 11 is 0. The third-order valence-electron chi connectivity index (χ3n) is 2.58. The highest BCUT2D eigenvalue weighted by atomic mass is 16.5. The summed E-state index contributed by atoms with van der Waals surface area (Å²) in [5.74, 6) is 1.98. The maximum Gasteiger partial charge on any atom is 0.203 e. The summed E-state index contributed by atoms with van der Waals surface area (Å²) in [4.78, 5) is 0. The summed E-state index contributed by atoms with van der Waals surface area (Å²) < 4.78 is 15.9. The van der Waals surface area contributed by atoms with Gasteiger partial charge in [-0.15, -0.1) is 6.58 Å². The molecule has 0 unspecified atom stereocenters. The number of methoxy groups -OCH3 is 3. The molecule has 100 valence electrons.